The number of aliphatic hydroxyl groups is 6. The molecule has 6 unspecified atom stereocenters. The van der Waals surface area contributed by atoms with Gasteiger partial charge in [0.25, 0.3) is 0 Å². The van der Waals surface area contributed by atoms with Gasteiger partial charge in [0.05, 0.1) is 113 Å². The van der Waals surface area contributed by atoms with Gasteiger partial charge in [-0.15, -0.1) is 43.5 Å². The van der Waals surface area contributed by atoms with Gasteiger partial charge in [-0.3, -0.25) is 33.2 Å². The summed E-state index contributed by atoms with van der Waals surface area (Å²) in [5, 5.41) is 84.3. The first kappa shape index (κ1) is 106. The van der Waals surface area contributed by atoms with Crippen LogP contribution in [-0.2, 0) is 122 Å². The summed E-state index contributed by atoms with van der Waals surface area (Å²) in [5.41, 5.74) is 16.5. The normalized spacial score (nSPS) is 28.7. The molecule has 0 bridgehead atoms. The fourth-order valence-corrected chi connectivity index (χ4v) is 9.33. The van der Waals surface area contributed by atoms with E-state index in [4.69, 9.17) is 114 Å². The molecule has 6 heterocycles. The van der Waals surface area contributed by atoms with Gasteiger partial charge in [-0.2, -0.15) is 0 Å². The fourth-order valence-electron chi connectivity index (χ4n) is 9.33. The molecule has 1 aromatic heterocycles. The number of ether oxygens (including phenoxy) is 9. The van der Waals surface area contributed by atoms with Crippen molar-refractivity contribution in [2.45, 2.75) is 149 Å². The maximum Gasteiger partial charge on any atom is 1.00 e. The molecule has 0 radical (unpaired) electrons. The van der Waals surface area contributed by atoms with E-state index < -0.39 is 170 Å². The third kappa shape index (κ3) is 39.0. The van der Waals surface area contributed by atoms with E-state index in [1.54, 1.807) is 6.20 Å². The molecule has 6 rings (SSSR count). The Balaban J connectivity index is -0.00000178. The minimum atomic E-state index is -4.92. The maximum atomic E-state index is 13.7. The van der Waals surface area contributed by atoms with Crippen molar-refractivity contribution in [2.75, 3.05) is 59.3 Å². The third-order valence-electron chi connectivity index (χ3n) is 13.7. The van der Waals surface area contributed by atoms with Crippen molar-refractivity contribution in [2.24, 2.45) is 11.8 Å². The number of aliphatic carboxylic acids is 1. The summed E-state index contributed by atoms with van der Waals surface area (Å²) >= 11 is 0. The van der Waals surface area contributed by atoms with Crippen LogP contribution in [0.4, 0.5) is 0 Å². The number of carbonyl (C=O) groups is 5. The largest absolute Gasteiger partial charge is 1.00 e. The molecule has 5 aliphatic heterocycles. The zero-order valence-corrected chi connectivity index (χ0v) is 68.1. The Kier molecular flexibility index (Phi) is 56.4. The van der Waals surface area contributed by atoms with Gasteiger partial charge in [-0.05, 0) is 31.5 Å². The molecule has 52 heteroatoms. The Morgan fingerprint density at radius 2 is 1.12 bits per heavy atom. The molecule has 11 N–H and O–H groups in total. The topological polar surface area (TPSA) is 667 Å². The average Bonchev–Trinajstić information content (AvgIpc) is 1.57. The predicted molar refractivity (Wildman–Crippen MR) is 301 cm³/mol. The summed E-state index contributed by atoms with van der Waals surface area (Å²) in [6.07, 6.45) is -15.6. The van der Waals surface area contributed by atoms with E-state index in [1.807, 2.05) is 0 Å². The molecule has 0 spiro atoms. The number of rotatable bonds is 30. The monoisotopic (exact) mass is 1560 g/mol. The second-order valence-electron chi connectivity index (χ2n) is 20.3. The Labute approximate surface area is 687 Å². The average molecular weight is 1570 g/mol. The van der Waals surface area contributed by atoms with Gasteiger partial charge in [0.2, 0.25) is 44.4 Å². The van der Waals surface area contributed by atoms with E-state index in [0.29, 0.717) is 25.0 Å². The smallest absolute Gasteiger partial charge is 0.726 e. The second kappa shape index (κ2) is 53.3. The number of aliphatic hydroxyl groups excluding tert-OH is 6. The van der Waals surface area contributed by atoms with Crippen LogP contribution in [0.2, 0.25) is 0 Å². The Bertz CT molecular complexity index is 3010. The summed E-state index contributed by atoms with van der Waals surface area (Å²) < 4.78 is 167. The van der Waals surface area contributed by atoms with Gasteiger partial charge in [0.1, 0.15) is 42.7 Å². The number of hydrogen-bond donors (Lipinski definition) is 9. The van der Waals surface area contributed by atoms with E-state index >= 15 is 0 Å². The van der Waals surface area contributed by atoms with E-state index in [2.05, 4.69) is 42.6 Å². The summed E-state index contributed by atoms with van der Waals surface area (Å²) in [5.74, 6) is -4.58. The van der Waals surface area contributed by atoms with Gasteiger partial charge < -0.3 is 128 Å². The number of fused-ring (bicyclic) bond motifs is 1. The Morgan fingerprint density at radius 3 is 1.60 bits per heavy atom. The van der Waals surface area contributed by atoms with Gasteiger partial charge in [0.15, 0.2) is 6.29 Å². The number of carboxylic acids is 1. The minimum absolute atomic E-state index is 0. The first-order valence-electron chi connectivity index (χ1n) is 27.7. The zero-order chi connectivity index (χ0) is 72.2. The third-order valence-corrected chi connectivity index (χ3v) is 13.7. The predicted octanol–water partition coefficient (Wildman–Crippen LogP) is -23.5. The molecule has 0 aliphatic carbocycles. The van der Waals surface area contributed by atoms with Crippen LogP contribution in [0.15, 0.2) is 31.5 Å². The summed E-state index contributed by atoms with van der Waals surface area (Å²) in [6.45, 7) is 15.2. The number of carboxylic acid groups (broad SMARTS) is 1. The first-order valence-corrected chi connectivity index (χ1v) is 32.4. The molecule has 0 aromatic carbocycles. The first-order chi connectivity index (χ1) is 44.2. The summed E-state index contributed by atoms with van der Waals surface area (Å²) in [7, 11) is -16.1. The number of imide groups is 1. The Hall–Kier alpha value is -0.530. The molecule has 5 aliphatic rings. The molecule has 100 heavy (non-hydrogen) atoms. The van der Waals surface area contributed by atoms with Crippen molar-refractivity contribution in [1.82, 2.24) is 30.1 Å². The van der Waals surface area contributed by atoms with E-state index in [1.165, 1.54) is 26.6 Å². The number of hydrogen-bond acceptors (Lipinski definition) is 35. The minimum Gasteiger partial charge on any atom is -0.726 e. The molecule has 5 fully saturated rings. The Morgan fingerprint density at radius 1 is 0.660 bits per heavy atom. The van der Waals surface area contributed by atoms with Crippen LogP contribution in [0.5, 0.6) is 0 Å². The number of likely N-dealkylation sites (tertiary alicyclic amines) is 1. The molecule has 43 nitrogen and oxygen atoms in total. The van der Waals surface area contributed by atoms with E-state index in [-0.39, 0.29) is 251 Å². The number of nitrogens with zero attached hydrogens (tertiary/aromatic N) is 5. The van der Waals surface area contributed by atoms with Crippen molar-refractivity contribution in [1.29, 1.82) is 0 Å². The molecule has 546 valence electrons. The molecule has 4 amide bonds. The van der Waals surface area contributed by atoms with Crippen LogP contribution < -0.4 is 158 Å². The quantitative estimate of drug-likeness (QED) is 0.00657. The summed E-state index contributed by atoms with van der Waals surface area (Å²) in [4.78, 5) is 67.7. The summed E-state index contributed by atoms with van der Waals surface area (Å²) in [6, 6.07) is -2.87. The van der Waals surface area contributed by atoms with Crippen LogP contribution in [0.25, 0.3) is 11.5 Å². The van der Waals surface area contributed by atoms with Crippen LogP contribution >= 0.6 is 0 Å². The second-order valence-corrected chi connectivity index (χ2v) is 22.8. The van der Waals surface area contributed by atoms with E-state index in [9.17, 15) is 59.7 Å². The molecular formula is C48H73N8Na5O35S4-2. The molecular weight excluding hydrogens is 1490 g/mol. The van der Waals surface area contributed by atoms with Gasteiger partial charge in [0, 0.05) is 32.5 Å². The number of unbranched alkanes of at least 4 members (excludes halogenated alkanes) is 2. The zero-order valence-electron chi connectivity index (χ0n) is 54.8. The molecule has 19 atom stereocenters. The van der Waals surface area contributed by atoms with Gasteiger partial charge in [-0.1, -0.05) is 29.4 Å². The fraction of sp³-hybridized carbons (Fsp3) is 0.729. The molecule has 1 aromatic rings. The number of aromatic nitrogens is 3. The van der Waals surface area contributed by atoms with Crippen molar-refractivity contribution < 1.29 is 310 Å². The van der Waals surface area contributed by atoms with Crippen LogP contribution in [0.1, 0.15) is 37.8 Å². The van der Waals surface area contributed by atoms with Crippen LogP contribution in [-0.4, -0.2) is 309 Å². The number of nitrogens with one attached hydrogen (secondary N) is 3. The number of amides is 4. The van der Waals surface area contributed by atoms with Crippen molar-refractivity contribution in [3.05, 3.63) is 62.5 Å². The standard InChI is InChI=1S/C48H72N8O21.5Na.2H2O4S.2O3S/c1-5-27-31-32(28(6-2)75-27)44(66)56(43(31)65)14-9-7-8-13-54(30(58)11-10-29(57)51-12-16-69-18-20-71-46-33(49)37(61)35(59)24(3)73-46)22-26-23-55(53-52-26)15-17-70-19-21-72-48-40(64)39(63)41(42(77-48)45(67)68)76-47-34(50)38(62)36(60)25(4)74-47;;;;;;2*1-5(2,3)4;2*1-4(2)3/h5-6,23-25,27-28,31-42,46-50,59-64H,1-4,7-22H2,(H,51,57)(H,67,68);;;;;;2*(H2,1,2,3,4);;/q-4;5*+1;;;;/p-3/t24?,25?,27-,28+,31+,32-,33?,34?,35-,36-,37-,38-,39-,40?,41+,42?,46+,47-,48-;;;;;;;;;/m1........./s1. The SMILES string of the molecule is C=C[C@@H]1O[C@H](C=C)[C@@H]2C(=O)N(CCCCCN(Cc3cn(CCOCCO[C@@H]4OC(C(=O)[O-])[C@@H](O[C@H]5OC([CH2-])[C@@H](O)[C@H](O)C5[NH-])[C@H](O)C4O)nn3)C(=O)CCC(=O)NCCOCCO[C@H]3OC([CH2-])[C@@H](O)[C@H](O)C3[NH-])C(=O)[C@@H]21.O=S(=O)([O-])O.O=S(=O)([O-])O.O=S(=O)=O.O=S(=O)=O.[Na+].[Na+].[Na+].[Na+].[Na+]. The van der Waals surface area contributed by atoms with Gasteiger partial charge >= 0.3 is 169 Å². The van der Waals surface area contributed by atoms with Crippen molar-refractivity contribution >= 4 is 71.6 Å². The molecule has 0 saturated carbocycles. The maximum absolute atomic E-state index is 13.7. The van der Waals surface area contributed by atoms with E-state index in [0.717, 1.165) is 0 Å². The van der Waals surface area contributed by atoms with Gasteiger partial charge in [-0.25, -0.2) is 21.5 Å². The van der Waals surface area contributed by atoms with Crippen LogP contribution in [0.3, 0.4) is 0 Å². The number of carbonyl (C=O) groups excluding carboxylic acids is 5. The van der Waals surface area contributed by atoms with Crippen LogP contribution in [0, 0.1) is 25.7 Å². The van der Waals surface area contributed by atoms with Crippen molar-refractivity contribution in [3.63, 3.8) is 0 Å². The van der Waals surface area contributed by atoms with Crippen molar-refractivity contribution in [3.8, 4) is 0 Å². The molecule has 5 saturated heterocycles.